The van der Waals surface area contributed by atoms with Crippen LogP contribution in [0.5, 0.6) is 0 Å². The molecule has 0 saturated heterocycles. The van der Waals surface area contributed by atoms with Crippen LogP contribution in [0, 0.1) is 0 Å². The number of H-pyrrole nitrogens is 1. The van der Waals surface area contributed by atoms with Crippen molar-refractivity contribution in [2.75, 3.05) is 10.5 Å². The highest BCUT2D eigenvalue weighted by Crippen LogP contribution is 2.13. The van der Waals surface area contributed by atoms with Gasteiger partial charge in [0.25, 0.3) is 0 Å². The second-order valence-corrected chi connectivity index (χ2v) is 7.01. The lowest BCUT2D eigenvalue weighted by molar-refractivity contribution is 0.0697. The maximum absolute atomic E-state index is 12.2. The zero-order valence-electron chi connectivity index (χ0n) is 12.7. The Bertz CT molecular complexity index is 1080. The molecule has 3 N–H and O–H groups in total. The third-order valence-corrected chi connectivity index (χ3v) is 4.72. The number of aromatic carboxylic acids is 1. The van der Waals surface area contributed by atoms with Crippen LogP contribution in [-0.2, 0) is 16.4 Å². The third-order valence-electron chi connectivity index (χ3n) is 3.43. The van der Waals surface area contributed by atoms with Crippen LogP contribution in [-0.4, -0.2) is 44.8 Å². The van der Waals surface area contributed by atoms with E-state index in [-0.39, 0.29) is 23.4 Å². The van der Waals surface area contributed by atoms with Gasteiger partial charge in [-0.2, -0.15) is 9.61 Å². The molecule has 10 nitrogen and oxygen atoms in total. The highest BCUT2D eigenvalue weighted by molar-refractivity contribution is 7.92. The zero-order chi connectivity index (χ0) is 18.0. The molecule has 3 rings (SSSR count). The number of fused-ring (bicyclic) bond motifs is 1. The number of anilines is 1. The standard InChI is InChI=1S/C14H13N5O5S/c20-13(21)9-1-3-11(4-2-9)18-25(23,24)6-5-10-7-17-19-12(10)15-8-16-14(19)22/h1-4,7-8,18H,5-6H2,(H,20,21)(H,15,16,22). The second-order valence-electron chi connectivity index (χ2n) is 5.17. The topological polar surface area (TPSA) is 147 Å². The van der Waals surface area contributed by atoms with Gasteiger partial charge in [-0.1, -0.05) is 0 Å². The number of aromatic nitrogens is 4. The van der Waals surface area contributed by atoms with Crippen molar-refractivity contribution in [3.05, 3.63) is 58.4 Å². The molecule has 25 heavy (non-hydrogen) atoms. The quantitative estimate of drug-likeness (QED) is 0.563. The summed E-state index contributed by atoms with van der Waals surface area (Å²) < 4.78 is 27.8. The monoisotopic (exact) mass is 363 g/mol. The Kier molecular flexibility index (Phi) is 4.23. The molecule has 0 spiro atoms. The fourth-order valence-electron chi connectivity index (χ4n) is 2.20. The van der Waals surface area contributed by atoms with E-state index in [2.05, 4.69) is 19.8 Å². The lowest BCUT2D eigenvalue weighted by atomic mass is 10.2. The molecule has 0 bridgehead atoms. The number of hydrogen-bond donors (Lipinski definition) is 3. The van der Waals surface area contributed by atoms with Crippen LogP contribution < -0.4 is 10.4 Å². The van der Waals surface area contributed by atoms with Crippen LogP contribution in [0.25, 0.3) is 5.65 Å². The van der Waals surface area contributed by atoms with Gasteiger partial charge in [-0.05, 0) is 30.7 Å². The zero-order valence-corrected chi connectivity index (χ0v) is 13.5. The summed E-state index contributed by atoms with van der Waals surface area (Å²) in [6.45, 7) is 0. The van der Waals surface area contributed by atoms with E-state index in [4.69, 9.17) is 5.11 Å². The molecule has 2 aromatic heterocycles. The predicted octanol–water partition coefficient (Wildman–Crippen LogP) is 0.100. The van der Waals surface area contributed by atoms with Crippen molar-refractivity contribution in [3.63, 3.8) is 0 Å². The van der Waals surface area contributed by atoms with Crippen LogP contribution >= 0.6 is 0 Å². The second kappa shape index (κ2) is 6.36. The molecule has 0 aliphatic heterocycles. The molecule has 0 fully saturated rings. The summed E-state index contributed by atoms with van der Waals surface area (Å²) in [6, 6.07) is 5.36. The van der Waals surface area contributed by atoms with Crippen molar-refractivity contribution in [1.29, 1.82) is 0 Å². The maximum Gasteiger partial charge on any atom is 0.349 e. The number of nitrogens with zero attached hydrogens (tertiary/aromatic N) is 3. The first kappa shape index (κ1) is 16.6. The van der Waals surface area contributed by atoms with Crippen LogP contribution in [0.4, 0.5) is 5.69 Å². The third kappa shape index (κ3) is 3.66. The lowest BCUT2D eigenvalue weighted by Crippen LogP contribution is -2.19. The van der Waals surface area contributed by atoms with E-state index in [0.29, 0.717) is 11.2 Å². The molecule has 0 aliphatic carbocycles. The Balaban J connectivity index is 1.72. The Morgan fingerprint density at radius 2 is 2.00 bits per heavy atom. The van der Waals surface area contributed by atoms with Crippen molar-refractivity contribution < 1.29 is 18.3 Å². The summed E-state index contributed by atoms with van der Waals surface area (Å²) in [7, 11) is -3.67. The minimum atomic E-state index is -3.67. The molecule has 0 unspecified atom stereocenters. The number of benzene rings is 1. The first-order valence-electron chi connectivity index (χ1n) is 7.10. The lowest BCUT2D eigenvalue weighted by Gasteiger charge is -2.07. The molecule has 2 heterocycles. The van der Waals surface area contributed by atoms with Crippen molar-refractivity contribution in [2.24, 2.45) is 0 Å². The number of carbonyl (C=O) groups is 1. The largest absolute Gasteiger partial charge is 0.478 e. The van der Waals surface area contributed by atoms with Gasteiger partial charge in [-0.15, -0.1) is 0 Å². The number of carboxylic acid groups (broad SMARTS) is 1. The smallest absolute Gasteiger partial charge is 0.349 e. The number of hydrogen-bond acceptors (Lipinski definition) is 6. The molecule has 1 aromatic carbocycles. The van der Waals surface area contributed by atoms with Crippen molar-refractivity contribution in [3.8, 4) is 0 Å². The van der Waals surface area contributed by atoms with Crippen molar-refractivity contribution in [1.82, 2.24) is 19.6 Å². The van der Waals surface area contributed by atoms with Gasteiger partial charge < -0.3 is 5.11 Å². The number of sulfonamides is 1. The van der Waals surface area contributed by atoms with Gasteiger partial charge in [0.1, 0.15) is 0 Å². The normalized spacial score (nSPS) is 11.5. The van der Waals surface area contributed by atoms with Gasteiger partial charge in [-0.3, -0.25) is 9.71 Å². The van der Waals surface area contributed by atoms with E-state index >= 15 is 0 Å². The molecule has 3 aromatic rings. The summed E-state index contributed by atoms with van der Waals surface area (Å²) in [5.41, 5.74) is 0.684. The molecule has 0 aliphatic rings. The summed E-state index contributed by atoms with van der Waals surface area (Å²) in [4.78, 5) is 28.7. The number of nitrogens with one attached hydrogen (secondary N) is 2. The van der Waals surface area contributed by atoms with E-state index in [0.717, 1.165) is 4.52 Å². The summed E-state index contributed by atoms with van der Waals surface area (Å²) in [5.74, 6) is -1.34. The van der Waals surface area contributed by atoms with E-state index in [1.807, 2.05) is 0 Å². The minimum absolute atomic E-state index is 0.0607. The Hall–Kier alpha value is -3.21. The van der Waals surface area contributed by atoms with Crippen molar-refractivity contribution >= 4 is 27.3 Å². The first-order valence-corrected chi connectivity index (χ1v) is 8.75. The summed E-state index contributed by atoms with van der Waals surface area (Å²) in [6.07, 6.45) is 2.73. The first-order chi connectivity index (χ1) is 11.9. The van der Waals surface area contributed by atoms with E-state index in [1.54, 1.807) is 0 Å². The number of rotatable bonds is 6. The SMILES string of the molecule is O=C(O)c1ccc(NS(=O)(=O)CCc2cnn3c(=O)[nH]cnc23)cc1. The van der Waals surface area contributed by atoms with Gasteiger partial charge in [-0.25, -0.2) is 23.0 Å². The Morgan fingerprint density at radius 1 is 1.28 bits per heavy atom. The Morgan fingerprint density at radius 3 is 2.68 bits per heavy atom. The molecule has 11 heteroatoms. The van der Waals surface area contributed by atoms with E-state index in [1.165, 1.54) is 36.8 Å². The molecule has 130 valence electrons. The van der Waals surface area contributed by atoms with E-state index in [9.17, 15) is 18.0 Å². The molecular weight excluding hydrogens is 350 g/mol. The van der Waals surface area contributed by atoms with Gasteiger partial charge in [0.15, 0.2) is 5.65 Å². The van der Waals surface area contributed by atoms with Gasteiger partial charge in [0, 0.05) is 11.3 Å². The van der Waals surface area contributed by atoms with Crippen LogP contribution in [0.1, 0.15) is 15.9 Å². The van der Waals surface area contributed by atoms with Crippen LogP contribution in [0.3, 0.4) is 0 Å². The molecule has 0 amide bonds. The minimum Gasteiger partial charge on any atom is -0.478 e. The predicted molar refractivity (Wildman–Crippen MR) is 88.1 cm³/mol. The average Bonchev–Trinajstić information content (AvgIpc) is 2.98. The highest BCUT2D eigenvalue weighted by Gasteiger charge is 2.14. The highest BCUT2D eigenvalue weighted by atomic mass is 32.2. The van der Waals surface area contributed by atoms with Gasteiger partial charge >= 0.3 is 11.7 Å². The fourth-order valence-corrected chi connectivity index (χ4v) is 3.29. The molecule has 0 radical (unpaired) electrons. The van der Waals surface area contributed by atoms with Gasteiger partial charge in [0.05, 0.1) is 23.8 Å². The Labute approximate surface area is 141 Å². The number of aromatic amines is 1. The summed E-state index contributed by atoms with van der Waals surface area (Å²) >= 11 is 0. The van der Waals surface area contributed by atoms with Crippen LogP contribution in [0.2, 0.25) is 0 Å². The van der Waals surface area contributed by atoms with Crippen LogP contribution in [0.15, 0.2) is 41.6 Å². The molecular formula is C14H13N5O5S. The average molecular weight is 363 g/mol. The van der Waals surface area contributed by atoms with E-state index < -0.39 is 21.7 Å². The maximum atomic E-state index is 12.2. The van der Waals surface area contributed by atoms with Crippen molar-refractivity contribution in [2.45, 2.75) is 6.42 Å². The number of aryl methyl sites for hydroxylation is 1. The fraction of sp³-hybridized carbons (Fsp3) is 0.143. The molecule has 0 saturated carbocycles. The summed E-state index contributed by atoms with van der Waals surface area (Å²) in [5, 5.41) is 12.7. The molecule has 0 atom stereocenters. The number of carboxylic acids is 1. The van der Waals surface area contributed by atoms with Gasteiger partial charge in [0.2, 0.25) is 10.0 Å².